The van der Waals surface area contributed by atoms with Gasteiger partial charge in [0.25, 0.3) is 0 Å². The van der Waals surface area contributed by atoms with Crippen LogP contribution in [0.4, 0.5) is 13.2 Å². The van der Waals surface area contributed by atoms with Crippen molar-refractivity contribution < 1.29 is 27.8 Å². The van der Waals surface area contributed by atoms with Gasteiger partial charge in [-0.1, -0.05) is 12.1 Å². The largest absolute Gasteiger partial charge is 0.492 e. The van der Waals surface area contributed by atoms with Crippen molar-refractivity contribution >= 4 is 5.97 Å². The van der Waals surface area contributed by atoms with E-state index in [9.17, 15) is 18.0 Å². The Morgan fingerprint density at radius 1 is 1.32 bits per heavy atom. The molecule has 140 valence electrons. The third-order valence-electron chi connectivity index (χ3n) is 4.42. The maximum Gasteiger partial charge on any atom is 0.419 e. The van der Waals surface area contributed by atoms with Crippen LogP contribution in [0.15, 0.2) is 24.3 Å². The molecule has 0 aromatic heterocycles. The first kappa shape index (κ1) is 19.5. The summed E-state index contributed by atoms with van der Waals surface area (Å²) >= 11 is 0. The predicted molar refractivity (Wildman–Crippen MR) is 86.7 cm³/mol. The number of carboxylic acid groups (broad SMARTS) is 1. The van der Waals surface area contributed by atoms with Crippen molar-refractivity contribution in [1.82, 2.24) is 9.80 Å². The Morgan fingerprint density at radius 3 is 2.56 bits per heavy atom. The number of nitrogens with zero attached hydrogens (tertiary/aromatic N) is 2. The normalized spacial score (nSPS) is 17.0. The number of aliphatic carboxylic acids is 1. The summed E-state index contributed by atoms with van der Waals surface area (Å²) in [4.78, 5) is 14.7. The smallest absolute Gasteiger partial charge is 0.419 e. The number of carboxylic acids is 1. The van der Waals surface area contributed by atoms with E-state index in [0.29, 0.717) is 6.54 Å². The SMILES string of the molecule is CN(CC(=O)O)C1CCN(CCOc2ccccc2C(F)(F)F)CC1. The second kappa shape index (κ2) is 8.53. The molecule has 1 N–H and O–H groups in total. The highest BCUT2D eigenvalue weighted by Crippen LogP contribution is 2.35. The van der Waals surface area contributed by atoms with Crippen LogP contribution in [0.2, 0.25) is 0 Å². The second-order valence-corrected chi connectivity index (χ2v) is 6.22. The molecule has 1 heterocycles. The maximum absolute atomic E-state index is 12.9. The van der Waals surface area contributed by atoms with Crippen LogP contribution in [0.5, 0.6) is 5.75 Å². The first-order valence-electron chi connectivity index (χ1n) is 8.21. The highest BCUT2D eigenvalue weighted by molar-refractivity contribution is 5.69. The Hall–Kier alpha value is -1.80. The van der Waals surface area contributed by atoms with Crippen LogP contribution < -0.4 is 4.74 Å². The van der Waals surface area contributed by atoms with Crippen molar-refractivity contribution in [1.29, 1.82) is 0 Å². The zero-order valence-electron chi connectivity index (χ0n) is 14.1. The molecule has 1 aromatic carbocycles. The molecule has 0 bridgehead atoms. The molecule has 1 aliphatic heterocycles. The van der Waals surface area contributed by atoms with Crippen LogP contribution >= 0.6 is 0 Å². The topological polar surface area (TPSA) is 53.0 Å². The van der Waals surface area contributed by atoms with Gasteiger partial charge in [0.2, 0.25) is 0 Å². The number of carbonyl (C=O) groups is 1. The molecule has 0 amide bonds. The molecule has 0 atom stereocenters. The number of rotatable bonds is 7. The van der Waals surface area contributed by atoms with Crippen molar-refractivity contribution in [3.05, 3.63) is 29.8 Å². The van der Waals surface area contributed by atoms with Gasteiger partial charge in [0.05, 0.1) is 12.1 Å². The maximum atomic E-state index is 12.9. The summed E-state index contributed by atoms with van der Waals surface area (Å²) in [5.74, 6) is -0.993. The standard InChI is InChI=1S/C17H23F3N2O3/c1-21(12-16(23)24)13-6-8-22(9-7-13)10-11-25-15-5-3-2-4-14(15)17(18,19)20/h2-5,13H,6-12H2,1H3,(H,23,24). The van der Waals surface area contributed by atoms with E-state index in [-0.39, 0.29) is 24.9 Å². The van der Waals surface area contributed by atoms with Crippen LogP contribution in [0.1, 0.15) is 18.4 Å². The lowest BCUT2D eigenvalue weighted by Gasteiger charge is -2.36. The first-order chi connectivity index (χ1) is 11.8. The Balaban J connectivity index is 1.77. The fraction of sp³-hybridized carbons (Fsp3) is 0.588. The van der Waals surface area contributed by atoms with Crippen molar-refractivity contribution in [2.24, 2.45) is 0 Å². The monoisotopic (exact) mass is 360 g/mol. The Kier molecular flexibility index (Phi) is 6.66. The molecule has 8 heteroatoms. The van der Waals surface area contributed by atoms with E-state index in [1.807, 2.05) is 4.90 Å². The zero-order valence-corrected chi connectivity index (χ0v) is 14.1. The number of likely N-dealkylation sites (tertiary alicyclic amines) is 1. The minimum absolute atomic E-state index is 0.0159. The van der Waals surface area contributed by atoms with Crippen LogP contribution in [0.3, 0.4) is 0 Å². The minimum Gasteiger partial charge on any atom is -0.492 e. The average Bonchev–Trinajstić information content (AvgIpc) is 2.54. The van der Waals surface area contributed by atoms with Crippen molar-refractivity contribution in [3.8, 4) is 5.75 Å². The number of hydrogen-bond donors (Lipinski definition) is 1. The molecule has 0 aliphatic carbocycles. The Labute approximate surface area is 145 Å². The number of piperidine rings is 1. The molecule has 0 saturated carbocycles. The summed E-state index contributed by atoms with van der Waals surface area (Å²) in [5, 5.41) is 8.82. The Bertz CT molecular complexity index is 573. The summed E-state index contributed by atoms with van der Waals surface area (Å²) in [6.07, 6.45) is -2.75. The number of benzene rings is 1. The lowest BCUT2D eigenvalue weighted by molar-refractivity contribution is -0.139. The number of ether oxygens (including phenoxy) is 1. The van der Waals surface area contributed by atoms with Crippen molar-refractivity contribution in [2.45, 2.75) is 25.1 Å². The second-order valence-electron chi connectivity index (χ2n) is 6.22. The van der Waals surface area contributed by atoms with Gasteiger partial charge in [-0.15, -0.1) is 0 Å². The number of likely N-dealkylation sites (N-methyl/N-ethyl adjacent to an activating group) is 1. The van der Waals surface area contributed by atoms with E-state index in [2.05, 4.69) is 4.90 Å². The third-order valence-corrected chi connectivity index (χ3v) is 4.42. The van der Waals surface area contributed by atoms with E-state index in [0.717, 1.165) is 32.0 Å². The van der Waals surface area contributed by atoms with E-state index in [1.54, 1.807) is 7.05 Å². The molecule has 1 aliphatic rings. The molecule has 25 heavy (non-hydrogen) atoms. The van der Waals surface area contributed by atoms with Gasteiger partial charge in [-0.05, 0) is 45.1 Å². The number of hydrogen-bond acceptors (Lipinski definition) is 4. The molecule has 0 unspecified atom stereocenters. The van der Waals surface area contributed by atoms with E-state index >= 15 is 0 Å². The quantitative estimate of drug-likeness (QED) is 0.810. The van der Waals surface area contributed by atoms with Gasteiger partial charge >= 0.3 is 12.1 Å². The van der Waals surface area contributed by atoms with E-state index in [4.69, 9.17) is 9.84 Å². The fourth-order valence-electron chi connectivity index (χ4n) is 3.04. The molecule has 0 spiro atoms. The van der Waals surface area contributed by atoms with Crippen LogP contribution in [0, 0.1) is 0 Å². The van der Waals surface area contributed by atoms with E-state index < -0.39 is 17.7 Å². The fourth-order valence-corrected chi connectivity index (χ4v) is 3.04. The highest BCUT2D eigenvalue weighted by Gasteiger charge is 2.34. The lowest BCUT2D eigenvalue weighted by atomic mass is 10.0. The summed E-state index contributed by atoms with van der Waals surface area (Å²) in [5.41, 5.74) is -0.760. The summed E-state index contributed by atoms with van der Waals surface area (Å²) in [7, 11) is 1.80. The molecule has 1 fully saturated rings. The summed E-state index contributed by atoms with van der Waals surface area (Å²) in [6, 6.07) is 5.43. The van der Waals surface area contributed by atoms with Gasteiger partial charge in [-0.2, -0.15) is 13.2 Å². The van der Waals surface area contributed by atoms with E-state index in [1.165, 1.54) is 18.2 Å². The molecule has 2 rings (SSSR count). The predicted octanol–water partition coefficient (Wildman–Crippen LogP) is 2.57. The molecule has 0 radical (unpaired) electrons. The van der Waals surface area contributed by atoms with Gasteiger partial charge in [-0.25, -0.2) is 0 Å². The van der Waals surface area contributed by atoms with Crippen molar-refractivity contribution in [2.75, 3.05) is 39.8 Å². The van der Waals surface area contributed by atoms with Crippen molar-refractivity contribution in [3.63, 3.8) is 0 Å². The van der Waals surface area contributed by atoms with Gasteiger partial charge in [0.15, 0.2) is 0 Å². The van der Waals surface area contributed by atoms with Gasteiger partial charge in [0.1, 0.15) is 12.4 Å². The van der Waals surface area contributed by atoms with Crippen LogP contribution in [-0.4, -0.2) is 66.8 Å². The van der Waals surface area contributed by atoms with Crippen LogP contribution in [0.25, 0.3) is 0 Å². The molecule has 1 saturated heterocycles. The highest BCUT2D eigenvalue weighted by atomic mass is 19.4. The molecule has 1 aromatic rings. The van der Waals surface area contributed by atoms with Crippen LogP contribution in [-0.2, 0) is 11.0 Å². The summed E-state index contributed by atoms with van der Waals surface area (Å²) in [6.45, 7) is 2.30. The van der Waals surface area contributed by atoms with Gasteiger partial charge in [-0.3, -0.25) is 14.6 Å². The van der Waals surface area contributed by atoms with Gasteiger partial charge in [0, 0.05) is 12.6 Å². The third kappa shape index (κ3) is 5.89. The average molecular weight is 360 g/mol. The number of alkyl halides is 3. The lowest BCUT2D eigenvalue weighted by Crippen LogP contribution is -2.45. The number of halogens is 3. The number of para-hydroxylation sites is 1. The summed E-state index contributed by atoms with van der Waals surface area (Å²) < 4.78 is 44.1. The minimum atomic E-state index is -4.43. The molecular formula is C17H23F3N2O3. The zero-order chi connectivity index (χ0) is 18.4. The van der Waals surface area contributed by atoms with Gasteiger partial charge < -0.3 is 9.84 Å². The molecular weight excluding hydrogens is 337 g/mol. The Morgan fingerprint density at radius 2 is 1.96 bits per heavy atom. The first-order valence-corrected chi connectivity index (χ1v) is 8.21. The molecule has 5 nitrogen and oxygen atoms in total.